The number of rotatable bonds is 30. The molecule has 30 heteroatoms. The lowest BCUT2D eigenvalue weighted by Gasteiger charge is -2.19. The molecular formula is C117H109N15O10S5. The number of carboxylic acids is 2. The largest absolute Gasteiger partial charge is 0.480 e. The van der Waals surface area contributed by atoms with E-state index in [2.05, 4.69) is 213 Å². The molecule has 5 fully saturated rings. The molecule has 742 valence electrons. The second kappa shape index (κ2) is 43.4. The summed E-state index contributed by atoms with van der Waals surface area (Å²) in [5.74, 6) is 2.03. The fourth-order valence-electron chi connectivity index (χ4n) is 19.2. The van der Waals surface area contributed by atoms with Crippen LogP contribution in [0.4, 0.5) is 0 Å². The number of benzene rings is 10. The Kier molecular flexibility index (Phi) is 29.1. The highest BCUT2D eigenvalue weighted by Gasteiger charge is 2.36. The van der Waals surface area contributed by atoms with Gasteiger partial charge < -0.3 is 24.4 Å². The number of carbonyl (C=O) groups is 5. The predicted octanol–water partition coefficient (Wildman–Crippen LogP) is 26.9. The van der Waals surface area contributed by atoms with E-state index in [1.165, 1.54) is 182 Å². The van der Waals surface area contributed by atoms with Gasteiger partial charge >= 0.3 is 29.8 Å². The van der Waals surface area contributed by atoms with E-state index in [4.69, 9.17) is 34.1 Å². The van der Waals surface area contributed by atoms with E-state index in [1.807, 2.05) is 104 Å². The lowest BCUT2D eigenvalue weighted by atomic mass is 9.99. The van der Waals surface area contributed by atoms with Crippen LogP contribution in [-0.2, 0) is 38.2 Å². The molecule has 10 aromatic heterocycles. The van der Waals surface area contributed by atoms with E-state index in [0.717, 1.165) is 122 Å². The molecule has 5 saturated carbocycles. The number of pyridine rings is 5. The Morgan fingerprint density at radius 2 is 0.673 bits per heavy atom. The van der Waals surface area contributed by atoms with E-state index in [9.17, 15) is 34.2 Å². The van der Waals surface area contributed by atoms with Crippen molar-refractivity contribution in [1.29, 1.82) is 0 Å². The summed E-state index contributed by atoms with van der Waals surface area (Å²) in [5.41, 5.74) is 20.9. The van der Waals surface area contributed by atoms with Gasteiger partial charge in [-0.3, -0.25) is 61.8 Å². The van der Waals surface area contributed by atoms with E-state index in [-0.39, 0.29) is 28.9 Å². The zero-order valence-electron chi connectivity index (χ0n) is 82.5. The van der Waals surface area contributed by atoms with Crippen molar-refractivity contribution < 1.29 is 48.4 Å². The van der Waals surface area contributed by atoms with Gasteiger partial charge in [-0.05, 0) is 276 Å². The topological polar surface area (TPSA) is 307 Å². The highest BCUT2D eigenvalue weighted by atomic mass is 32.2. The fourth-order valence-corrected chi connectivity index (χ4v) is 23.7. The number of aromatic nitrogens is 15. The zero-order chi connectivity index (χ0) is 101. The van der Waals surface area contributed by atoms with Gasteiger partial charge in [-0.25, -0.2) is 34.9 Å². The molecule has 10 heterocycles. The molecule has 10 aromatic carbocycles. The van der Waals surface area contributed by atoms with Crippen molar-refractivity contribution in [1.82, 2.24) is 72.7 Å². The van der Waals surface area contributed by atoms with Crippen LogP contribution in [0.5, 0.6) is 0 Å². The van der Waals surface area contributed by atoms with Gasteiger partial charge in [0.2, 0.25) is 0 Å². The van der Waals surface area contributed by atoms with Crippen LogP contribution in [0.2, 0.25) is 0 Å². The average Bonchev–Trinajstić information content (AvgIpc) is 1.62. The highest BCUT2D eigenvalue weighted by molar-refractivity contribution is 8.01. The lowest BCUT2D eigenvalue weighted by molar-refractivity contribution is -0.143. The first-order valence-corrected chi connectivity index (χ1v) is 54.8. The molecule has 5 aliphatic rings. The predicted molar refractivity (Wildman–Crippen MR) is 588 cm³/mol. The minimum Gasteiger partial charge on any atom is -0.480 e. The summed E-state index contributed by atoms with van der Waals surface area (Å²) < 4.78 is 24.9. The molecule has 2 atom stereocenters. The average molecular weight is 2050 g/mol. The van der Waals surface area contributed by atoms with Crippen LogP contribution in [0.1, 0.15) is 183 Å². The molecule has 0 aliphatic heterocycles. The number of hydrogen-bond acceptors (Lipinski definition) is 23. The molecular weight excluding hydrogens is 1940 g/mol. The van der Waals surface area contributed by atoms with Crippen LogP contribution < -0.4 is 0 Å². The summed E-state index contributed by atoms with van der Waals surface area (Å²) in [6.45, 7) is 13.6. The Morgan fingerprint density at radius 3 is 1.04 bits per heavy atom. The quantitative estimate of drug-likeness (QED) is 0.0183. The number of hydrogen-bond donors (Lipinski definition) is 2. The van der Waals surface area contributed by atoms with Gasteiger partial charge in [0.15, 0.2) is 37.1 Å². The van der Waals surface area contributed by atoms with Crippen LogP contribution in [0.15, 0.2) is 300 Å². The summed E-state index contributed by atoms with van der Waals surface area (Å²) in [6.07, 6.45) is 28.0. The third-order valence-electron chi connectivity index (χ3n) is 27.1. The first kappa shape index (κ1) is 98.7. The Labute approximate surface area is 870 Å². The second-order valence-electron chi connectivity index (χ2n) is 37.8. The van der Waals surface area contributed by atoms with Gasteiger partial charge in [0.1, 0.15) is 42.8 Å². The van der Waals surface area contributed by atoms with E-state index >= 15 is 0 Å². The molecule has 147 heavy (non-hydrogen) atoms. The van der Waals surface area contributed by atoms with Gasteiger partial charge in [0.25, 0.3) is 0 Å². The van der Waals surface area contributed by atoms with Crippen molar-refractivity contribution in [2.45, 2.75) is 196 Å². The maximum Gasteiger partial charge on any atom is 0.319 e. The van der Waals surface area contributed by atoms with Crippen molar-refractivity contribution in [3.05, 3.63) is 302 Å². The molecule has 0 amide bonds. The number of fused-ring (bicyclic) bond motifs is 10. The smallest absolute Gasteiger partial charge is 0.319 e. The van der Waals surface area contributed by atoms with Crippen LogP contribution >= 0.6 is 58.8 Å². The fraction of sp³-hybridized carbons (Fsp3) is 0.274. The van der Waals surface area contributed by atoms with Crippen LogP contribution in [0, 0.1) is 0 Å². The molecule has 25 nitrogen and oxygen atoms in total. The number of carbonyl (C=O) groups excluding carboxylic acids is 3. The first-order chi connectivity index (χ1) is 71.8. The number of ether oxygens (including phenoxy) is 3. The maximum absolute atomic E-state index is 12.3. The normalized spacial score (nSPS) is 14.4. The van der Waals surface area contributed by atoms with Crippen molar-refractivity contribution in [2.75, 3.05) is 31.3 Å². The highest BCUT2D eigenvalue weighted by Crippen LogP contribution is 2.52. The summed E-state index contributed by atoms with van der Waals surface area (Å²) in [5, 5.41) is 34.1. The number of imidazole rings is 5. The molecule has 25 rings (SSSR count). The van der Waals surface area contributed by atoms with Gasteiger partial charge in [-0.1, -0.05) is 210 Å². The summed E-state index contributed by atoms with van der Waals surface area (Å²) in [4.78, 5) is 105. The molecule has 2 unspecified atom stereocenters. The number of thioether (sulfide) groups is 5. The van der Waals surface area contributed by atoms with Crippen molar-refractivity contribution >= 4 is 198 Å². The van der Waals surface area contributed by atoms with Crippen LogP contribution in [-0.4, -0.2) is 159 Å². The van der Waals surface area contributed by atoms with Crippen molar-refractivity contribution in [2.24, 2.45) is 0 Å². The van der Waals surface area contributed by atoms with Crippen LogP contribution in [0.25, 0.3) is 138 Å². The maximum atomic E-state index is 12.3. The van der Waals surface area contributed by atoms with Gasteiger partial charge in [0, 0.05) is 70.1 Å². The number of carboxylic acid groups (broad SMARTS) is 2. The van der Waals surface area contributed by atoms with Gasteiger partial charge in [-0.15, -0.1) is 0 Å². The Hall–Kier alpha value is -14.3. The molecule has 20 aromatic rings. The molecule has 0 spiro atoms. The Bertz CT molecular complexity index is 8430. The van der Waals surface area contributed by atoms with E-state index in [0.29, 0.717) is 66.1 Å². The summed E-state index contributed by atoms with van der Waals surface area (Å²) >= 11 is 6.98. The summed E-state index contributed by atoms with van der Waals surface area (Å²) in [6, 6.07) is 78.2. The number of nitrogens with zero attached hydrogens (tertiary/aromatic N) is 15. The second-order valence-corrected chi connectivity index (χ2v) is 44.0. The molecule has 0 saturated heterocycles. The third kappa shape index (κ3) is 21.1. The Morgan fingerprint density at radius 1 is 0.354 bits per heavy atom. The third-order valence-corrected chi connectivity index (χ3v) is 32.2. The molecule has 0 radical (unpaired) electrons. The molecule has 5 aliphatic carbocycles. The monoisotopic (exact) mass is 2040 g/mol. The molecule has 0 bridgehead atoms. The minimum atomic E-state index is -1.01. The van der Waals surface area contributed by atoms with Crippen LogP contribution in [0.3, 0.4) is 0 Å². The SMILES string of the molecule is CC(C)(Sc1nc2cccnc2n1-c1ccc(C2CC2)c2ccccc12)C(=O)O.CC(Sc1nc2cccnc2n1-c1ccc(C2CC2)c2ccccc12)C(=O)O.CCOC(=O)C(C)Sc1nc2cnccc2n1-c1ccc(C2CC2)c2ccccc12.CCOC(=O)CCCSc1nc2cnccc2n1-c1ccc(C2CC2)c2ccccc12.CCOC(=O)CSc1nc2cnccc2n1-c1ccc(C2CC2)c2ccccc12. The number of aliphatic carboxylic acids is 2. The van der Waals surface area contributed by atoms with Gasteiger partial charge in [0.05, 0.1) is 89.2 Å². The standard InChI is InChI=1S/C25H25N3O2S.C24H23N3O2S.2C23H21N3O2S.C22H19N3O2S/c1-2-30-24(29)8-5-15-31-25-27-21-16-26-14-13-23(21)28(25)22-12-11-18(17-9-10-17)19-6-3-4-7-20(19)22;1-3-29-23(28)15(2)30-24-26-20-14-25-13-12-22(20)27(24)21-11-10-17(16-8-9-16)18-6-4-5-7-19(18)21;1-23(2,21(27)28)29-22-25-18-8-5-13-24-20(18)26(22)19-12-11-15(14-9-10-14)16-6-3-4-7-17(16)19;1-2-28-22(27)14-29-23-25-19-13-24-12-11-21(19)26(23)20-10-9-16(15-7-8-15)17-5-3-4-6-18(17)20;1-13(21(26)27)28-22-24-18-7-4-12-23-20(18)25(22)19-11-10-15(14-8-9-14)16-5-2-3-6-17(16)19/h3-4,6-7,11-14,16-17H,2,5,8-10,15H2,1H3;4-7,10-16H,3,8-9H2,1-2H3;3-8,11-14H,9-10H2,1-2H3,(H,27,28);3-6,9-13,15H,2,7-8,14H2,1H3;2-7,10-14H,8-9H2,1H3,(H,26,27). The minimum absolute atomic E-state index is 0.137. The summed E-state index contributed by atoms with van der Waals surface area (Å²) in [7, 11) is 0. The number of esters is 3. The first-order valence-electron chi connectivity index (χ1n) is 50.2. The van der Waals surface area contributed by atoms with E-state index in [1.54, 1.807) is 69.7 Å². The molecule has 2 N–H and O–H groups in total. The van der Waals surface area contributed by atoms with E-state index < -0.39 is 21.9 Å². The van der Waals surface area contributed by atoms with Crippen molar-refractivity contribution in [3.8, 4) is 28.4 Å². The van der Waals surface area contributed by atoms with Gasteiger partial charge in [-0.2, -0.15) is 0 Å². The lowest BCUT2D eigenvalue weighted by Crippen LogP contribution is -2.27. The van der Waals surface area contributed by atoms with Crippen molar-refractivity contribution in [3.63, 3.8) is 0 Å². The Balaban J connectivity index is 0.000000108. The zero-order valence-corrected chi connectivity index (χ0v) is 86.5.